The van der Waals surface area contributed by atoms with Crippen molar-refractivity contribution in [3.8, 4) is 0 Å². The van der Waals surface area contributed by atoms with Crippen molar-refractivity contribution in [2.45, 2.75) is 93.6 Å². The van der Waals surface area contributed by atoms with Crippen molar-refractivity contribution < 1.29 is 108 Å². The van der Waals surface area contributed by atoms with Gasteiger partial charge in [0.2, 0.25) is 0 Å². The van der Waals surface area contributed by atoms with E-state index < -0.39 is 148 Å². The molecule has 0 spiro atoms. The average molecular weight is 1660 g/mol. The van der Waals surface area contributed by atoms with E-state index in [-0.39, 0.29) is 87.4 Å². The number of halogens is 2. The molecule has 0 N–H and O–H groups in total. The van der Waals surface area contributed by atoms with Gasteiger partial charge >= 0.3 is 54.7 Å². The minimum absolute atomic E-state index is 0.0100. The summed E-state index contributed by atoms with van der Waals surface area (Å²) < 4.78 is 116. The Labute approximate surface area is 705 Å². The zero-order valence-electron chi connectivity index (χ0n) is 66.1. The summed E-state index contributed by atoms with van der Waals surface area (Å²) in [5, 5.41) is 9.48. The lowest BCUT2D eigenvalue weighted by molar-refractivity contribution is -0.356. The molecule has 2 aromatic heterocycles. The number of rotatable bonds is 33. The number of nitrogens with zero attached hydrogens (tertiary/aromatic N) is 5. The van der Waals surface area contributed by atoms with Crippen LogP contribution in [0.25, 0.3) is 5.57 Å². The molecule has 0 aliphatic carbocycles. The molecule has 10 atom stereocenters. The van der Waals surface area contributed by atoms with Crippen LogP contribution in [0.2, 0.25) is 0 Å². The first kappa shape index (κ1) is 83.9. The maximum absolute atomic E-state index is 16.3. The smallest absolute Gasteiger partial charge is 0.459 e. The normalized spacial score (nSPS) is 19.9. The maximum atomic E-state index is 16.3. The highest BCUT2D eigenvalue weighted by molar-refractivity contribution is 6.57. The van der Waals surface area contributed by atoms with Gasteiger partial charge in [-0.05, 0) is 146 Å². The van der Waals surface area contributed by atoms with Crippen molar-refractivity contribution in [3.63, 3.8) is 0 Å². The van der Waals surface area contributed by atoms with E-state index in [0.717, 1.165) is 8.96 Å². The second-order valence-electron chi connectivity index (χ2n) is 29.5. The summed E-state index contributed by atoms with van der Waals surface area (Å²) in [6.45, 7) is -2.80. The first-order valence-electron chi connectivity index (χ1n) is 39.8. The Morgan fingerprint density at radius 1 is 0.455 bits per heavy atom. The second-order valence-corrected chi connectivity index (χ2v) is 29.5. The minimum atomic E-state index is -4.26. The SMILES string of the molecule is C=CCCCC(CO[C@H]1O[C@H](COC(=O)c2ccccc2)[C@@H](OC(=O)c2ccccc2)[C@H](OC(=O)c2ccccc2)[C@@H]1OC(=O)c1ccccc1)(CO[C@H]1O[C@H](COC(=O)c2ccccc2)[C@@H](OC(=O)c2ccccc2)[C@H](OC(=O)c2ccccc2)[C@@H]1OC(=O)c1ccccc1)Cc1cn(Cc2ccccc2C2=C3C=CC=[N+]3[B-](F)(F)n3cccc32)nn1. The monoisotopic (exact) mass is 1660 g/mol. The highest BCUT2D eigenvalue weighted by atomic mass is 19.2. The Balaban J connectivity index is 0.870. The number of aromatic nitrogens is 4. The highest BCUT2D eigenvalue weighted by Gasteiger charge is 2.58. The number of carbonyl (C=O) groups is 8. The molecule has 15 rings (SSSR count). The van der Waals surface area contributed by atoms with E-state index in [1.807, 2.05) is 18.2 Å². The Hall–Kier alpha value is -14.2. The molecule has 0 radical (unpaired) electrons. The lowest BCUT2D eigenvalue weighted by Crippen LogP contribution is -2.64. The van der Waals surface area contributed by atoms with Gasteiger partial charge in [-0.3, -0.25) is 0 Å². The topological polar surface area (TPSA) is 286 Å². The third kappa shape index (κ3) is 19.8. The van der Waals surface area contributed by atoms with Gasteiger partial charge in [0.1, 0.15) is 31.6 Å². The van der Waals surface area contributed by atoms with Crippen LogP contribution in [0.3, 0.4) is 0 Å². The summed E-state index contributed by atoms with van der Waals surface area (Å²) in [5.74, 6) is -7.56. The third-order valence-corrected chi connectivity index (χ3v) is 21.2. The zero-order chi connectivity index (χ0) is 85.2. The Morgan fingerprint density at radius 2 is 0.821 bits per heavy atom. The van der Waals surface area contributed by atoms with Crippen LogP contribution in [0, 0.1) is 5.41 Å². The summed E-state index contributed by atoms with van der Waals surface area (Å²) >= 11 is 0. The molecule has 0 amide bonds. The molecule has 2 saturated heterocycles. The van der Waals surface area contributed by atoms with E-state index in [1.54, 1.807) is 193 Å². The number of esters is 8. The lowest BCUT2D eigenvalue weighted by atomic mass is 9.79. The van der Waals surface area contributed by atoms with E-state index >= 15 is 18.2 Å². The van der Waals surface area contributed by atoms with Gasteiger partial charge in [0.25, 0.3) is 0 Å². The first-order chi connectivity index (χ1) is 60.0. The molecule has 0 bridgehead atoms. The molecule has 25 nitrogen and oxygen atoms in total. The van der Waals surface area contributed by atoms with E-state index in [0.29, 0.717) is 23.1 Å². The van der Waals surface area contributed by atoms with Crippen LogP contribution >= 0.6 is 0 Å². The molecule has 6 heterocycles. The van der Waals surface area contributed by atoms with Gasteiger partial charge in [-0.1, -0.05) is 181 Å². The van der Waals surface area contributed by atoms with Crippen LogP contribution in [0.5, 0.6) is 0 Å². The number of unbranched alkanes of at least 4 members (excludes halogenated alkanes) is 1. The van der Waals surface area contributed by atoms with Crippen molar-refractivity contribution in [1.29, 1.82) is 0 Å². The molecular weight excluding hydrogens is 1580 g/mol. The average Bonchev–Trinajstić information content (AvgIpc) is 1.59. The summed E-state index contributed by atoms with van der Waals surface area (Å²) in [5.41, 5.74) is 1.41. The molecule has 4 aliphatic rings. The number of benzene rings is 9. The van der Waals surface area contributed by atoms with Crippen LogP contribution in [-0.2, 0) is 69.8 Å². The number of allylic oxidation sites excluding steroid dienone is 3. The third-order valence-electron chi connectivity index (χ3n) is 21.2. The molecule has 0 unspecified atom stereocenters. The molecule has 624 valence electrons. The van der Waals surface area contributed by atoms with E-state index in [9.17, 15) is 28.8 Å². The summed E-state index contributed by atoms with van der Waals surface area (Å²) in [7, 11) is 0. The summed E-state index contributed by atoms with van der Waals surface area (Å²) in [6.07, 6.45) is -8.69. The molecule has 123 heavy (non-hydrogen) atoms. The quantitative estimate of drug-likeness (QED) is 0.0121. The van der Waals surface area contributed by atoms with Crippen molar-refractivity contribution >= 4 is 66.5 Å². The van der Waals surface area contributed by atoms with Gasteiger partial charge in [0.15, 0.2) is 54.9 Å². The Bertz CT molecular complexity index is 5430. The number of carbonyl (C=O) groups excluding carboxylic acids is 8. The molecule has 4 aliphatic heterocycles. The number of fused-ring (bicyclic) bond motifs is 2. The van der Waals surface area contributed by atoms with Crippen LogP contribution in [0.1, 0.15) is 125 Å². The van der Waals surface area contributed by atoms with E-state index in [2.05, 4.69) is 11.8 Å². The van der Waals surface area contributed by atoms with Gasteiger partial charge in [-0.15, -0.1) is 11.7 Å². The summed E-state index contributed by atoms with van der Waals surface area (Å²) in [6, 6.07) is 73.4. The predicted molar refractivity (Wildman–Crippen MR) is 442 cm³/mol. The lowest BCUT2D eigenvalue weighted by Gasteiger charge is -2.46. The fraction of sp³-hybridized carbons (Fsp3) is 0.211. The van der Waals surface area contributed by atoms with Gasteiger partial charge in [-0.25, -0.2) is 43.0 Å². The van der Waals surface area contributed by atoms with Gasteiger partial charge in [0, 0.05) is 35.9 Å². The Kier molecular flexibility index (Phi) is 26.5. The number of hydrogen-bond donors (Lipinski definition) is 0. The molecule has 28 heteroatoms. The van der Waals surface area contributed by atoms with Crippen molar-refractivity contribution in [1.82, 2.24) is 19.5 Å². The molecular formula is C95H82BF2N5O20. The van der Waals surface area contributed by atoms with Crippen LogP contribution in [0.15, 0.2) is 322 Å². The van der Waals surface area contributed by atoms with Crippen LogP contribution in [-0.4, -0.2) is 173 Å². The minimum Gasteiger partial charge on any atom is -0.459 e. The predicted octanol–water partition coefficient (Wildman–Crippen LogP) is 14.2. The first-order valence-corrected chi connectivity index (χ1v) is 39.8. The van der Waals surface area contributed by atoms with Crippen LogP contribution < -0.4 is 0 Å². The Morgan fingerprint density at radius 3 is 1.22 bits per heavy atom. The molecule has 0 saturated carbocycles. The van der Waals surface area contributed by atoms with Gasteiger partial charge < -0.3 is 74.4 Å². The van der Waals surface area contributed by atoms with E-state index in [1.165, 1.54) is 109 Å². The zero-order valence-corrected chi connectivity index (χ0v) is 66.1. The van der Waals surface area contributed by atoms with Crippen molar-refractivity contribution in [2.24, 2.45) is 5.41 Å². The summed E-state index contributed by atoms with van der Waals surface area (Å²) in [4.78, 5) is 118. The van der Waals surface area contributed by atoms with Gasteiger partial charge in [0.05, 0.1) is 75.5 Å². The molecule has 2 fully saturated rings. The second kappa shape index (κ2) is 38.9. The number of hydrogen-bond acceptors (Lipinski definition) is 22. The molecule has 9 aromatic carbocycles. The largest absolute Gasteiger partial charge is 0.737 e. The van der Waals surface area contributed by atoms with Gasteiger partial charge in [-0.2, -0.15) is 0 Å². The fourth-order valence-corrected chi connectivity index (χ4v) is 15.1. The maximum Gasteiger partial charge on any atom is 0.737 e. The number of ether oxygens (including phenoxy) is 12. The molecule has 11 aromatic rings. The van der Waals surface area contributed by atoms with Crippen molar-refractivity contribution in [2.75, 3.05) is 26.4 Å². The van der Waals surface area contributed by atoms with Crippen molar-refractivity contribution in [3.05, 3.63) is 389 Å². The highest BCUT2D eigenvalue weighted by Crippen LogP contribution is 2.42. The standard InChI is InChI=1S/C95H82BF2N5O20/c1-2-3-30-53-95(56-72-58-101(100-99-72)57-71-49-28-29-50-73(71)78-74-51-31-54-102(74)96(97,98)103-55-32-52-75(78)103,61-114-93-83(122-91(110)69-45-24-10-25-46-69)81(120-89(108)67-41-20-8-21-42-67)79(118-87(106)65-37-16-6-17-38-65)76(116-93)59-112-85(104)63-33-12-4-13-34-63)62-115-94-84(123-92(111)70-47-26-11-27-48-70)82(121-90(109)68-43-22-9-23-44-68)80(119-88(107)66-39-18-7-19-40-66)77(117-94)60-113-86(105)64-35-14-5-15-36-64/h2,4-29,31-52,54-55,58,76-77,79-84,93-94H,1,3,30,53,56-57,59-62H2/t76-,77-,79-,80-,81+,82+,83+,84+,93+,94+/m1/s1. The van der Waals surface area contributed by atoms with E-state index in [4.69, 9.17) is 61.9 Å². The fourth-order valence-electron chi connectivity index (χ4n) is 15.1. The van der Waals surface area contributed by atoms with Crippen LogP contribution in [0.4, 0.5) is 8.63 Å².